The van der Waals surface area contributed by atoms with Crippen molar-refractivity contribution in [3.63, 3.8) is 0 Å². The Morgan fingerprint density at radius 1 is 1.42 bits per heavy atom. The minimum absolute atomic E-state index is 0.685. The van der Waals surface area contributed by atoms with Crippen molar-refractivity contribution in [2.45, 2.75) is 25.7 Å². The second-order valence-corrected chi connectivity index (χ2v) is 3.94. The van der Waals surface area contributed by atoms with Crippen LogP contribution in [-0.4, -0.2) is 11.4 Å². The number of carbonyl (C=O) groups is 1. The Kier molecular flexibility index (Phi) is 2.08. The number of fused-ring (bicyclic) bond motifs is 1. The summed E-state index contributed by atoms with van der Waals surface area (Å²) in [4.78, 5) is 15.8. The number of amides is 1. The van der Waals surface area contributed by atoms with E-state index in [1.807, 2.05) is 0 Å². The Morgan fingerprint density at radius 2 is 2.25 bits per heavy atom. The third-order valence-electron chi connectivity index (χ3n) is 2.03. The lowest BCUT2D eigenvalue weighted by Gasteiger charge is -2.06. The van der Waals surface area contributed by atoms with Gasteiger partial charge in [-0.1, -0.05) is 0 Å². The summed E-state index contributed by atoms with van der Waals surface area (Å²) in [7, 11) is 0. The standard InChI is InChI=1S/C8H10N2OS/c11-5-9-8-10-6-3-1-2-4-7(6)12-8/h5H,1-4H2,(H,9,10,11). The molecule has 0 unspecified atom stereocenters. The van der Waals surface area contributed by atoms with Crippen LogP contribution in [0.2, 0.25) is 0 Å². The summed E-state index contributed by atoms with van der Waals surface area (Å²) in [5, 5.41) is 3.34. The molecule has 0 saturated carbocycles. The van der Waals surface area contributed by atoms with Gasteiger partial charge in [-0.05, 0) is 25.7 Å². The van der Waals surface area contributed by atoms with Crippen LogP contribution in [0.15, 0.2) is 0 Å². The van der Waals surface area contributed by atoms with E-state index in [1.165, 1.54) is 23.4 Å². The minimum Gasteiger partial charge on any atom is -0.305 e. The summed E-state index contributed by atoms with van der Waals surface area (Å²) in [5.41, 5.74) is 1.19. The highest BCUT2D eigenvalue weighted by molar-refractivity contribution is 7.15. The molecule has 1 N–H and O–H groups in total. The molecule has 12 heavy (non-hydrogen) atoms. The lowest BCUT2D eigenvalue weighted by Crippen LogP contribution is -1.99. The topological polar surface area (TPSA) is 42.0 Å². The van der Waals surface area contributed by atoms with E-state index < -0.39 is 0 Å². The van der Waals surface area contributed by atoms with Gasteiger partial charge in [0.25, 0.3) is 0 Å². The van der Waals surface area contributed by atoms with Crippen LogP contribution in [0.1, 0.15) is 23.4 Å². The fourth-order valence-corrected chi connectivity index (χ4v) is 2.47. The number of thiazole rings is 1. The van der Waals surface area contributed by atoms with Crippen molar-refractivity contribution < 1.29 is 4.79 Å². The van der Waals surface area contributed by atoms with Gasteiger partial charge in [-0.3, -0.25) is 4.79 Å². The zero-order valence-electron chi connectivity index (χ0n) is 6.67. The monoisotopic (exact) mass is 182 g/mol. The van der Waals surface area contributed by atoms with Gasteiger partial charge in [-0.15, -0.1) is 11.3 Å². The van der Waals surface area contributed by atoms with E-state index in [9.17, 15) is 4.79 Å². The first-order valence-electron chi connectivity index (χ1n) is 4.09. The number of anilines is 1. The highest BCUT2D eigenvalue weighted by Gasteiger charge is 2.14. The van der Waals surface area contributed by atoms with Gasteiger partial charge < -0.3 is 5.32 Å². The highest BCUT2D eigenvalue weighted by Crippen LogP contribution is 2.28. The number of rotatable bonds is 2. The zero-order valence-corrected chi connectivity index (χ0v) is 7.49. The predicted molar refractivity (Wildman–Crippen MR) is 48.4 cm³/mol. The molecule has 64 valence electrons. The maximum absolute atomic E-state index is 10.1. The molecule has 1 aromatic rings. The lowest BCUT2D eigenvalue weighted by atomic mass is 10.0. The van der Waals surface area contributed by atoms with E-state index in [2.05, 4.69) is 10.3 Å². The van der Waals surface area contributed by atoms with Gasteiger partial charge in [0.05, 0.1) is 5.69 Å². The summed E-state index contributed by atoms with van der Waals surface area (Å²) in [5.74, 6) is 0. The van der Waals surface area contributed by atoms with Crippen LogP contribution in [0.5, 0.6) is 0 Å². The van der Waals surface area contributed by atoms with Crippen molar-refractivity contribution in [3.8, 4) is 0 Å². The van der Waals surface area contributed by atoms with Crippen LogP contribution in [-0.2, 0) is 17.6 Å². The van der Waals surface area contributed by atoms with E-state index in [0.29, 0.717) is 6.41 Å². The van der Waals surface area contributed by atoms with Gasteiger partial charge >= 0.3 is 0 Å². The molecule has 1 aromatic heterocycles. The highest BCUT2D eigenvalue weighted by atomic mass is 32.1. The Hall–Kier alpha value is -0.900. The molecule has 4 heteroatoms. The number of hydrogen-bond donors (Lipinski definition) is 1. The molecular weight excluding hydrogens is 172 g/mol. The zero-order chi connectivity index (χ0) is 8.39. The van der Waals surface area contributed by atoms with Crippen molar-refractivity contribution in [3.05, 3.63) is 10.6 Å². The smallest absolute Gasteiger partial charge is 0.213 e. The van der Waals surface area contributed by atoms with Crippen LogP contribution >= 0.6 is 11.3 Å². The molecule has 0 aromatic carbocycles. The van der Waals surface area contributed by atoms with Gasteiger partial charge in [-0.2, -0.15) is 0 Å². The Balaban J connectivity index is 2.25. The average molecular weight is 182 g/mol. The van der Waals surface area contributed by atoms with Crippen molar-refractivity contribution in [1.82, 2.24) is 4.98 Å². The average Bonchev–Trinajstić information content (AvgIpc) is 2.47. The van der Waals surface area contributed by atoms with Crippen molar-refractivity contribution in [2.75, 3.05) is 5.32 Å². The second-order valence-electron chi connectivity index (χ2n) is 2.86. The predicted octanol–water partition coefficient (Wildman–Crippen LogP) is 1.59. The van der Waals surface area contributed by atoms with E-state index in [0.717, 1.165) is 18.0 Å². The van der Waals surface area contributed by atoms with Gasteiger partial charge in [0.1, 0.15) is 0 Å². The van der Waals surface area contributed by atoms with Crippen LogP contribution in [0.25, 0.3) is 0 Å². The van der Waals surface area contributed by atoms with E-state index in [4.69, 9.17) is 0 Å². The summed E-state index contributed by atoms with van der Waals surface area (Å²) < 4.78 is 0. The summed E-state index contributed by atoms with van der Waals surface area (Å²) in [6, 6.07) is 0. The molecule has 2 rings (SSSR count). The van der Waals surface area contributed by atoms with E-state index in [1.54, 1.807) is 11.3 Å². The van der Waals surface area contributed by atoms with Crippen LogP contribution in [0.4, 0.5) is 5.13 Å². The van der Waals surface area contributed by atoms with Crippen LogP contribution in [0.3, 0.4) is 0 Å². The normalized spacial score (nSPS) is 15.3. The fraction of sp³-hybridized carbons (Fsp3) is 0.500. The Labute approximate surface area is 74.8 Å². The van der Waals surface area contributed by atoms with E-state index >= 15 is 0 Å². The maximum atomic E-state index is 10.1. The molecule has 1 amide bonds. The number of carbonyl (C=O) groups excluding carboxylic acids is 1. The number of hydrogen-bond acceptors (Lipinski definition) is 3. The molecular formula is C8H10N2OS. The molecule has 0 radical (unpaired) electrons. The maximum Gasteiger partial charge on any atom is 0.213 e. The summed E-state index contributed by atoms with van der Waals surface area (Å²) >= 11 is 1.61. The molecule has 1 aliphatic rings. The molecule has 0 saturated heterocycles. The number of nitrogens with one attached hydrogen (secondary N) is 1. The number of aryl methyl sites for hydroxylation is 2. The van der Waals surface area contributed by atoms with Crippen LogP contribution in [0, 0.1) is 0 Å². The molecule has 3 nitrogen and oxygen atoms in total. The first-order chi connectivity index (χ1) is 5.90. The van der Waals surface area contributed by atoms with Crippen molar-refractivity contribution >= 4 is 22.9 Å². The van der Waals surface area contributed by atoms with Gasteiger partial charge in [0.2, 0.25) is 6.41 Å². The molecule has 0 fully saturated rings. The number of aromatic nitrogens is 1. The second kappa shape index (κ2) is 3.23. The summed E-state index contributed by atoms with van der Waals surface area (Å²) in [6.45, 7) is 0. The Morgan fingerprint density at radius 3 is 3.00 bits per heavy atom. The SMILES string of the molecule is O=CNc1nc2c(s1)CCCC2. The van der Waals surface area contributed by atoms with Crippen LogP contribution < -0.4 is 5.32 Å². The third kappa shape index (κ3) is 1.34. The molecule has 0 aliphatic heterocycles. The number of nitrogens with zero attached hydrogens (tertiary/aromatic N) is 1. The summed E-state index contributed by atoms with van der Waals surface area (Å²) in [6.07, 6.45) is 5.39. The van der Waals surface area contributed by atoms with Gasteiger partial charge in [0, 0.05) is 4.88 Å². The van der Waals surface area contributed by atoms with Gasteiger partial charge in [0.15, 0.2) is 5.13 Å². The quantitative estimate of drug-likeness (QED) is 0.706. The molecule has 0 spiro atoms. The first-order valence-corrected chi connectivity index (χ1v) is 4.90. The van der Waals surface area contributed by atoms with Gasteiger partial charge in [-0.25, -0.2) is 4.98 Å². The molecule has 0 bridgehead atoms. The minimum atomic E-state index is 0.685. The van der Waals surface area contributed by atoms with Crippen molar-refractivity contribution in [2.24, 2.45) is 0 Å². The Bertz CT molecular complexity index is 272. The van der Waals surface area contributed by atoms with Crippen molar-refractivity contribution in [1.29, 1.82) is 0 Å². The fourth-order valence-electron chi connectivity index (χ4n) is 1.46. The molecule has 0 atom stereocenters. The largest absolute Gasteiger partial charge is 0.305 e. The first kappa shape index (κ1) is 7.73. The third-order valence-corrected chi connectivity index (χ3v) is 3.12. The van der Waals surface area contributed by atoms with E-state index in [-0.39, 0.29) is 0 Å². The molecule has 1 aliphatic carbocycles. The lowest BCUT2D eigenvalue weighted by molar-refractivity contribution is -0.105. The molecule has 1 heterocycles.